The zero-order valence-electron chi connectivity index (χ0n) is 9.95. The topological polar surface area (TPSA) is 75.3 Å². The summed E-state index contributed by atoms with van der Waals surface area (Å²) in [6, 6.07) is 5.97. The molecule has 2 rings (SSSR count). The quantitative estimate of drug-likeness (QED) is 0.586. The van der Waals surface area contributed by atoms with E-state index in [9.17, 15) is 13.6 Å². The Morgan fingerprint density at radius 2 is 1.85 bits per heavy atom. The molecule has 0 atom stereocenters. The van der Waals surface area contributed by atoms with Gasteiger partial charge in [-0.25, -0.2) is 13.6 Å². The molecule has 0 saturated heterocycles. The third-order valence-corrected chi connectivity index (χ3v) is 3.16. The number of nitrogen functional groups attached to an aromatic ring is 1. The molecule has 0 aromatic heterocycles. The summed E-state index contributed by atoms with van der Waals surface area (Å²) < 4.78 is 27.1. The molecular formula is C13H9BrF2N2O2. The molecule has 0 bridgehead atoms. The number of nitrogens with two attached hydrogens (primary N) is 1. The Morgan fingerprint density at radius 1 is 1.15 bits per heavy atom. The average Bonchev–Trinajstić information content (AvgIpc) is 2.37. The lowest BCUT2D eigenvalue weighted by Gasteiger charge is -2.11. The Balaban J connectivity index is 2.45. The first kappa shape index (κ1) is 14.3. The van der Waals surface area contributed by atoms with Gasteiger partial charge in [0.05, 0.1) is 21.4 Å². The van der Waals surface area contributed by atoms with E-state index in [1.807, 2.05) is 0 Å². The van der Waals surface area contributed by atoms with Crippen LogP contribution in [0.1, 0.15) is 10.4 Å². The summed E-state index contributed by atoms with van der Waals surface area (Å²) in [5, 5.41) is 11.6. The number of benzene rings is 2. The predicted molar refractivity (Wildman–Crippen MR) is 75.2 cm³/mol. The van der Waals surface area contributed by atoms with Gasteiger partial charge >= 0.3 is 5.97 Å². The van der Waals surface area contributed by atoms with Crippen LogP contribution in [0.25, 0.3) is 0 Å². The molecule has 0 aliphatic carbocycles. The van der Waals surface area contributed by atoms with Crippen molar-refractivity contribution in [2.45, 2.75) is 0 Å². The summed E-state index contributed by atoms with van der Waals surface area (Å²) in [5.74, 6) is -2.61. The minimum absolute atomic E-state index is 0.0173. The highest BCUT2D eigenvalue weighted by Crippen LogP contribution is 2.28. The second-order valence-corrected chi connectivity index (χ2v) is 4.84. The van der Waals surface area contributed by atoms with Gasteiger partial charge in [-0.15, -0.1) is 0 Å². The van der Waals surface area contributed by atoms with Crippen molar-refractivity contribution in [3.05, 3.63) is 52.0 Å². The molecule has 0 aliphatic heterocycles. The fourth-order valence-corrected chi connectivity index (χ4v) is 1.93. The fourth-order valence-electron chi connectivity index (χ4n) is 1.61. The summed E-state index contributed by atoms with van der Waals surface area (Å²) in [6.45, 7) is 0. The van der Waals surface area contributed by atoms with Crippen molar-refractivity contribution in [1.82, 2.24) is 0 Å². The van der Waals surface area contributed by atoms with E-state index in [1.54, 1.807) is 0 Å². The Bertz CT molecular complexity index is 692. The lowest BCUT2D eigenvalue weighted by molar-refractivity contribution is 0.0698. The number of nitrogens with one attached hydrogen (secondary N) is 1. The van der Waals surface area contributed by atoms with E-state index in [0.717, 1.165) is 12.1 Å². The van der Waals surface area contributed by atoms with E-state index >= 15 is 0 Å². The van der Waals surface area contributed by atoms with Crippen LogP contribution in [0.4, 0.5) is 25.8 Å². The zero-order valence-corrected chi connectivity index (χ0v) is 11.5. The molecule has 0 aliphatic rings. The molecule has 0 radical (unpaired) electrons. The second-order valence-electron chi connectivity index (χ2n) is 3.98. The zero-order chi connectivity index (χ0) is 14.9. The van der Waals surface area contributed by atoms with Crippen LogP contribution in [0.2, 0.25) is 0 Å². The maximum Gasteiger partial charge on any atom is 0.337 e. The van der Waals surface area contributed by atoms with E-state index in [-0.39, 0.29) is 27.1 Å². The van der Waals surface area contributed by atoms with Gasteiger partial charge in [-0.1, -0.05) is 0 Å². The van der Waals surface area contributed by atoms with E-state index < -0.39 is 17.6 Å². The first-order valence-corrected chi connectivity index (χ1v) is 6.22. The Labute approximate surface area is 121 Å². The largest absolute Gasteiger partial charge is 0.478 e. The lowest BCUT2D eigenvalue weighted by Crippen LogP contribution is -2.05. The van der Waals surface area contributed by atoms with Crippen LogP contribution in [0.3, 0.4) is 0 Å². The highest BCUT2D eigenvalue weighted by atomic mass is 79.9. The minimum Gasteiger partial charge on any atom is -0.478 e. The number of hydrogen-bond donors (Lipinski definition) is 3. The monoisotopic (exact) mass is 342 g/mol. The summed E-state index contributed by atoms with van der Waals surface area (Å²) in [7, 11) is 0. The highest BCUT2D eigenvalue weighted by Gasteiger charge is 2.14. The van der Waals surface area contributed by atoms with Crippen molar-refractivity contribution >= 4 is 39.0 Å². The predicted octanol–water partition coefficient (Wildman–Crippen LogP) is 3.75. The lowest BCUT2D eigenvalue weighted by atomic mass is 10.1. The molecule has 0 spiro atoms. The molecule has 20 heavy (non-hydrogen) atoms. The van der Waals surface area contributed by atoms with Crippen LogP contribution in [0.15, 0.2) is 34.8 Å². The van der Waals surface area contributed by atoms with Crippen molar-refractivity contribution in [2.75, 3.05) is 11.1 Å². The number of carbonyl (C=O) groups is 1. The van der Waals surface area contributed by atoms with Crippen LogP contribution in [0.5, 0.6) is 0 Å². The van der Waals surface area contributed by atoms with Gasteiger partial charge in [0.1, 0.15) is 11.6 Å². The Morgan fingerprint density at radius 3 is 2.50 bits per heavy atom. The first-order valence-electron chi connectivity index (χ1n) is 5.43. The molecule has 0 fully saturated rings. The van der Waals surface area contributed by atoms with Gasteiger partial charge in [-0.05, 0) is 40.2 Å². The maximum absolute atomic E-state index is 13.7. The maximum atomic E-state index is 13.7. The standard InChI is InChI=1S/C13H9BrF2N2O2/c14-8-4-10(16)12(5-9(8)15)18-11-2-1-6(17)3-7(11)13(19)20/h1-5,18H,17H2,(H,19,20). The number of hydrogen-bond acceptors (Lipinski definition) is 3. The van der Waals surface area contributed by atoms with Crippen molar-refractivity contribution < 1.29 is 18.7 Å². The van der Waals surface area contributed by atoms with Crippen LogP contribution >= 0.6 is 15.9 Å². The summed E-state index contributed by atoms with van der Waals surface area (Å²) in [6.07, 6.45) is 0. The number of carboxylic acid groups (broad SMARTS) is 1. The third-order valence-electron chi connectivity index (χ3n) is 2.55. The van der Waals surface area contributed by atoms with Crippen molar-refractivity contribution in [2.24, 2.45) is 0 Å². The molecule has 104 valence electrons. The Hall–Kier alpha value is -2.15. The van der Waals surface area contributed by atoms with Gasteiger partial charge in [0.2, 0.25) is 0 Å². The summed E-state index contributed by atoms with van der Waals surface area (Å²) in [4.78, 5) is 11.1. The van der Waals surface area contributed by atoms with E-state index in [1.165, 1.54) is 18.2 Å². The van der Waals surface area contributed by atoms with Gasteiger partial charge < -0.3 is 16.2 Å². The van der Waals surface area contributed by atoms with Gasteiger partial charge in [0.25, 0.3) is 0 Å². The van der Waals surface area contributed by atoms with Gasteiger partial charge in [-0.3, -0.25) is 0 Å². The second kappa shape index (κ2) is 5.46. The van der Waals surface area contributed by atoms with Crippen molar-refractivity contribution in [1.29, 1.82) is 0 Å². The normalized spacial score (nSPS) is 10.3. The van der Waals surface area contributed by atoms with Crippen LogP contribution in [-0.2, 0) is 0 Å². The number of anilines is 3. The molecule has 0 heterocycles. The smallest absolute Gasteiger partial charge is 0.337 e. The van der Waals surface area contributed by atoms with Gasteiger partial charge in [0, 0.05) is 11.8 Å². The minimum atomic E-state index is -1.22. The molecule has 0 saturated carbocycles. The molecular weight excluding hydrogens is 334 g/mol. The molecule has 0 unspecified atom stereocenters. The molecule has 4 N–H and O–H groups in total. The fraction of sp³-hybridized carbons (Fsp3) is 0. The number of carboxylic acids is 1. The third kappa shape index (κ3) is 2.88. The summed E-state index contributed by atoms with van der Waals surface area (Å²) >= 11 is 2.86. The number of rotatable bonds is 3. The van der Waals surface area contributed by atoms with E-state index in [4.69, 9.17) is 10.8 Å². The van der Waals surface area contributed by atoms with Crippen LogP contribution in [0, 0.1) is 11.6 Å². The molecule has 0 amide bonds. The highest BCUT2D eigenvalue weighted by molar-refractivity contribution is 9.10. The van der Waals surface area contributed by atoms with E-state index in [0.29, 0.717) is 0 Å². The van der Waals surface area contributed by atoms with Crippen molar-refractivity contribution in [3.8, 4) is 0 Å². The van der Waals surface area contributed by atoms with Crippen LogP contribution in [-0.4, -0.2) is 11.1 Å². The first-order chi connectivity index (χ1) is 9.38. The molecule has 2 aromatic rings. The van der Waals surface area contributed by atoms with Crippen molar-refractivity contribution in [3.63, 3.8) is 0 Å². The SMILES string of the molecule is Nc1ccc(Nc2cc(F)c(Br)cc2F)c(C(=O)O)c1. The number of aromatic carboxylic acids is 1. The average molecular weight is 343 g/mol. The van der Waals surface area contributed by atoms with Gasteiger partial charge in [0.15, 0.2) is 0 Å². The Kier molecular flexibility index (Phi) is 3.89. The van der Waals surface area contributed by atoms with E-state index in [2.05, 4.69) is 21.2 Å². The van der Waals surface area contributed by atoms with Gasteiger partial charge in [-0.2, -0.15) is 0 Å². The van der Waals surface area contributed by atoms with Crippen LogP contribution < -0.4 is 11.1 Å². The summed E-state index contributed by atoms with van der Waals surface area (Å²) in [5.41, 5.74) is 5.58. The molecule has 7 heteroatoms. The molecule has 4 nitrogen and oxygen atoms in total. The molecule has 2 aromatic carbocycles. The number of halogens is 3.